The van der Waals surface area contributed by atoms with E-state index < -0.39 is 10.0 Å². The summed E-state index contributed by atoms with van der Waals surface area (Å²) in [6.45, 7) is 0.948. The van der Waals surface area contributed by atoms with Crippen LogP contribution < -0.4 is 5.32 Å². The lowest BCUT2D eigenvalue weighted by Crippen LogP contribution is -2.32. The highest BCUT2D eigenvalue weighted by Gasteiger charge is 2.28. The smallest absolute Gasteiger partial charge is 0.255 e. The average molecular weight is 483 g/mol. The molecule has 0 aromatic heterocycles. The van der Waals surface area contributed by atoms with Gasteiger partial charge < -0.3 is 5.32 Å². The Morgan fingerprint density at radius 2 is 1.55 bits per heavy atom. The lowest BCUT2D eigenvalue weighted by Gasteiger charge is -2.21. The van der Waals surface area contributed by atoms with Crippen LogP contribution in [0.15, 0.2) is 77.7 Å². The van der Waals surface area contributed by atoms with Crippen LogP contribution in [0.2, 0.25) is 5.02 Å². The summed E-state index contributed by atoms with van der Waals surface area (Å²) < 4.78 is 28.0. The Bertz CT molecular complexity index is 1220. The molecule has 7 heteroatoms. The summed E-state index contributed by atoms with van der Waals surface area (Å²) in [5, 5.41) is 3.07. The molecule has 0 spiro atoms. The van der Waals surface area contributed by atoms with Gasteiger partial charge in [0, 0.05) is 24.3 Å². The SMILES string of the molecule is O=C(Nc1ccccc1Cc1ccccc1)c1ccc(Cl)c(S(=O)(=O)N2CCCCCC2)c1. The second-order valence-electron chi connectivity index (χ2n) is 8.24. The van der Waals surface area contributed by atoms with Crippen LogP contribution in [0.4, 0.5) is 5.69 Å². The first-order chi connectivity index (χ1) is 15.9. The van der Waals surface area contributed by atoms with Gasteiger partial charge in [0.1, 0.15) is 4.90 Å². The molecule has 1 fully saturated rings. The van der Waals surface area contributed by atoms with E-state index >= 15 is 0 Å². The van der Waals surface area contributed by atoms with Gasteiger partial charge in [-0.2, -0.15) is 4.31 Å². The van der Waals surface area contributed by atoms with E-state index in [4.69, 9.17) is 11.6 Å². The highest BCUT2D eigenvalue weighted by atomic mass is 35.5. The van der Waals surface area contributed by atoms with Crippen molar-refractivity contribution in [2.24, 2.45) is 0 Å². The minimum Gasteiger partial charge on any atom is -0.322 e. The molecule has 5 nitrogen and oxygen atoms in total. The second-order valence-corrected chi connectivity index (χ2v) is 10.6. The molecule has 0 saturated carbocycles. The summed E-state index contributed by atoms with van der Waals surface area (Å²) in [6.07, 6.45) is 4.37. The highest BCUT2D eigenvalue weighted by Crippen LogP contribution is 2.28. The Morgan fingerprint density at radius 3 is 2.27 bits per heavy atom. The minimum atomic E-state index is -3.77. The molecule has 0 radical (unpaired) electrons. The topological polar surface area (TPSA) is 66.5 Å². The van der Waals surface area contributed by atoms with Gasteiger partial charge in [-0.25, -0.2) is 8.42 Å². The average Bonchev–Trinajstić information content (AvgIpc) is 3.11. The van der Waals surface area contributed by atoms with Crippen LogP contribution in [-0.4, -0.2) is 31.7 Å². The van der Waals surface area contributed by atoms with Gasteiger partial charge >= 0.3 is 0 Å². The number of nitrogens with zero attached hydrogens (tertiary/aromatic N) is 1. The maximum absolute atomic E-state index is 13.3. The van der Waals surface area contributed by atoms with Crippen molar-refractivity contribution < 1.29 is 13.2 Å². The van der Waals surface area contributed by atoms with Crippen LogP contribution >= 0.6 is 11.6 Å². The van der Waals surface area contributed by atoms with Crippen LogP contribution in [0, 0.1) is 0 Å². The van der Waals surface area contributed by atoms with Crippen LogP contribution in [0.5, 0.6) is 0 Å². The van der Waals surface area contributed by atoms with Crippen molar-refractivity contribution in [1.29, 1.82) is 0 Å². The Balaban J connectivity index is 1.58. The number of anilines is 1. The molecule has 3 aromatic rings. The van der Waals surface area contributed by atoms with Gasteiger partial charge in [0.15, 0.2) is 0 Å². The fourth-order valence-electron chi connectivity index (χ4n) is 4.07. The molecular formula is C26H27ClN2O3S. The molecule has 4 rings (SSSR count). The van der Waals surface area contributed by atoms with Crippen LogP contribution in [0.1, 0.15) is 47.2 Å². The minimum absolute atomic E-state index is 0.0173. The predicted molar refractivity (Wildman–Crippen MR) is 132 cm³/mol. The summed E-state index contributed by atoms with van der Waals surface area (Å²) in [5.74, 6) is -0.375. The maximum atomic E-state index is 13.3. The zero-order valence-electron chi connectivity index (χ0n) is 18.3. The van der Waals surface area contributed by atoms with Gasteiger partial charge in [0.05, 0.1) is 5.02 Å². The van der Waals surface area contributed by atoms with Crippen molar-refractivity contribution in [2.75, 3.05) is 18.4 Å². The standard InChI is InChI=1S/C26H27ClN2O3S/c27-23-15-14-22(19-25(23)33(31,32)29-16-8-1-2-9-17-29)26(30)28-24-13-7-6-12-21(24)18-20-10-4-3-5-11-20/h3-7,10-15,19H,1-2,8-9,16-18H2,(H,28,30). The van der Waals surface area contributed by atoms with Gasteiger partial charge in [-0.15, -0.1) is 0 Å². The first-order valence-electron chi connectivity index (χ1n) is 11.2. The van der Waals surface area contributed by atoms with E-state index in [1.165, 1.54) is 16.4 Å². The van der Waals surface area contributed by atoms with Gasteiger partial charge in [0.2, 0.25) is 10.0 Å². The fraction of sp³-hybridized carbons (Fsp3) is 0.269. The van der Waals surface area contributed by atoms with E-state index in [0.29, 0.717) is 25.2 Å². The number of halogens is 1. The molecule has 1 aliphatic rings. The number of carbonyl (C=O) groups is 1. The molecule has 172 valence electrons. The summed E-state index contributed by atoms with van der Waals surface area (Å²) >= 11 is 6.28. The second kappa shape index (κ2) is 10.5. The van der Waals surface area contributed by atoms with Crippen molar-refractivity contribution >= 4 is 33.2 Å². The van der Waals surface area contributed by atoms with Crippen molar-refractivity contribution in [3.63, 3.8) is 0 Å². The molecule has 0 atom stereocenters. The number of sulfonamides is 1. The van der Waals surface area contributed by atoms with Crippen molar-refractivity contribution in [1.82, 2.24) is 4.31 Å². The monoisotopic (exact) mass is 482 g/mol. The van der Waals surface area contributed by atoms with Crippen molar-refractivity contribution in [2.45, 2.75) is 37.0 Å². The normalized spacial score (nSPS) is 15.1. The predicted octanol–water partition coefficient (Wildman–Crippen LogP) is 5.75. The van der Waals surface area contributed by atoms with Crippen molar-refractivity contribution in [3.05, 3.63) is 94.5 Å². The molecule has 33 heavy (non-hydrogen) atoms. The van der Waals surface area contributed by atoms with Crippen molar-refractivity contribution in [3.8, 4) is 0 Å². The molecule has 1 heterocycles. The Labute approximate surface area is 200 Å². The van der Waals surface area contributed by atoms with E-state index in [2.05, 4.69) is 5.32 Å². The molecule has 1 N–H and O–H groups in total. The van der Waals surface area contributed by atoms with Gasteiger partial charge in [-0.05, 0) is 54.7 Å². The highest BCUT2D eigenvalue weighted by molar-refractivity contribution is 7.89. The number of para-hydroxylation sites is 1. The van der Waals surface area contributed by atoms with E-state index in [0.717, 1.165) is 36.8 Å². The Kier molecular flexibility index (Phi) is 7.48. The third kappa shape index (κ3) is 5.64. The van der Waals surface area contributed by atoms with E-state index in [1.807, 2.05) is 54.6 Å². The number of hydrogen-bond donors (Lipinski definition) is 1. The van der Waals surface area contributed by atoms with E-state index in [9.17, 15) is 13.2 Å². The van der Waals surface area contributed by atoms with Crippen LogP contribution in [0.25, 0.3) is 0 Å². The molecule has 0 aliphatic carbocycles. The quantitative estimate of drug-likeness (QED) is 0.486. The van der Waals surface area contributed by atoms with E-state index in [-0.39, 0.29) is 21.4 Å². The Hall–Kier alpha value is -2.67. The first kappa shape index (κ1) is 23.5. The number of hydrogen-bond acceptors (Lipinski definition) is 3. The number of rotatable bonds is 6. The zero-order chi connectivity index (χ0) is 23.3. The first-order valence-corrected chi connectivity index (χ1v) is 13.0. The molecule has 1 saturated heterocycles. The summed E-state index contributed by atoms with van der Waals surface area (Å²) in [5.41, 5.74) is 3.06. The third-order valence-electron chi connectivity index (χ3n) is 5.88. The fourth-order valence-corrected chi connectivity index (χ4v) is 6.09. The molecule has 0 unspecified atom stereocenters. The van der Waals surface area contributed by atoms with Gasteiger partial charge in [-0.1, -0.05) is 73.0 Å². The third-order valence-corrected chi connectivity index (χ3v) is 8.26. The molecule has 1 aliphatic heterocycles. The molecule has 0 bridgehead atoms. The van der Waals surface area contributed by atoms with E-state index in [1.54, 1.807) is 6.07 Å². The summed E-state index contributed by atoms with van der Waals surface area (Å²) in [4.78, 5) is 13.1. The lowest BCUT2D eigenvalue weighted by molar-refractivity contribution is 0.102. The van der Waals surface area contributed by atoms with Crippen LogP contribution in [0.3, 0.4) is 0 Å². The largest absolute Gasteiger partial charge is 0.322 e. The molecular weight excluding hydrogens is 456 g/mol. The molecule has 1 amide bonds. The maximum Gasteiger partial charge on any atom is 0.255 e. The Morgan fingerprint density at radius 1 is 0.879 bits per heavy atom. The van der Waals surface area contributed by atoms with Crippen LogP contribution in [-0.2, 0) is 16.4 Å². The number of carbonyl (C=O) groups excluding carboxylic acids is 1. The summed E-state index contributed by atoms with van der Waals surface area (Å²) in [6, 6.07) is 22.1. The van der Waals surface area contributed by atoms with Gasteiger partial charge in [0.25, 0.3) is 5.91 Å². The molecule has 3 aromatic carbocycles. The number of nitrogens with one attached hydrogen (secondary N) is 1. The van der Waals surface area contributed by atoms with Gasteiger partial charge in [-0.3, -0.25) is 4.79 Å². The lowest BCUT2D eigenvalue weighted by atomic mass is 10.0. The number of amides is 1. The zero-order valence-corrected chi connectivity index (χ0v) is 19.9. The summed E-state index contributed by atoms with van der Waals surface area (Å²) in [7, 11) is -3.77. The number of benzene rings is 3.